The number of anilines is 1. The first kappa shape index (κ1) is 18.0. The van der Waals surface area contributed by atoms with Gasteiger partial charge in [-0.2, -0.15) is 0 Å². The van der Waals surface area contributed by atoms with Crippen LogP contribution in [0, 0.1) is 5.82 Å². The molecular formula is C21H14ClFN2O3. The molecule has 0 fully saturated rings. The highest BCUT2D eigenvalue weighted by atomic mass is 35.5. The van der Waals surface area contributed by atoms with Crippen LogP contribution < -0.4 is 10.1 Å². The van der Waals surface area contributed by atoms with Crippen LogP contribution in [-0.2, 0) is 4.79 Å². The van der Waals surface area contributed by atoms with Gasteiger partial charge in [0, 0.05) is 10.7 Å². The van der Waals surface area contributed by atoms with E-state index in [1.165, 1.54) is 24.3 Å². The smallest absolute Gasteiger partial charge is 0.262 e. The summed E-state index contributed by atoms with van der Waals surface area (Å²) in [5, 5.41) is 3.08. The number of fused-ring (bicyclic) bond motifs is 1. The van der Waals surface area contributed by atoms with E-state index in [9.17, 15) is 9.18 Å². The molecule has 3 aromatic carbocycles. The van der Waals surface area contributed by atoms with Crippen LogP contribution in [0.5, 0.6) is 5.75 Å². The number of nitrogens with one attached hydrogen (secondary N) is 1. The Morgan fingerprint density at radius 3 is 2.68 bits per heavy atom. The lowest BCUT2D eigenvalue weighted by Gasteiger charge is -2.10. The Hall–Kier alpha value is -3.38. The zero-order chi connectivity index (χ0) is 19.5. The molecule has 4 aromatic rings. The van der Waals surface area contributed by atoms with Gasteiger partial charge in [-0.1, -0.05) is 23.7 Å². The lowest BCUT2D eigenvalue weighted by atomic mass is 10.2. The zero-order valence-corrected chi connectivity index (χ0v) is 15.2. The number of carbonyl (C=O) groups excluding carboxylic acids is 1. The van der Waals surface area contributed by atoms with E-state index >= 15 is 0 Å². The number of amides is 1. The Balaban J connectivity index is 1.53. The number of rotatable bonds is 5. The number of hydrogen-bond acceptors (Lipinski definition) is 4. The summed E-state index contributed by atoms with van der Waals surface area (Å²) in [6.45, 7) is -0.259. The summed E-state index contributed by atoms with van der Waals surface area (Å²) < 4.78 is 24.4. The fourth-order valence-electron chi connectivity index (χ4n) is 2.65. The minimum atomic E-state index is -0.393. The minimum Gasteiger partial charge on any atom is -0.483 e. The minimum absolute atomic E-state index is 0.259. The number of para-hydroxylation sites is 2. The maximum absolute atomic E-state index is 12.9. The summed E-state index contributed by atoms with van der Waals surface area (Å²) in [5.74, 6) is -0.0358. The summed E-state index contributed by atoms with van der Waals surface area (Å²) in [6, 6.07) is 17.9. The van der Waals surface area contributed by atoms with E-state index < -0.39 is 5.91 Å². The second-order valence-corrected chi connectivity index (χ2v) is 6.41. The van der Waals surface area contributed by atoms with E-state index in [0.29, 0.717) is 39.0 Å². The molecule has 0 bridgehead atoms. The van der Waals surface area contributed by atoms with Crippen molar-refractivity contribution in [3.05, 3.63) is 77.6 Å². The van der Waals surface area contributed by atoms with Crippen LogP contribution in [0.1, 0.15) is 0 Å². The first-order valence-electron chi connectivity index (χ1n) is 8.42. The molecule has 0 saturated heterocycles. The number of nitrogens with zero attached hydrogens (tertiary/aromatic N) is 1. The molecule has 1 amide bonds. The predicted octanol–water partition coefficient (Wildman–Crippen LogP) is 5.30. The topological polar surface area (TPSA) is 64.4 Å². The van der Waals surface area contributed by atoms with Crippen LogP contribution in [0.2, 0.25) is 5.02 Å². The van der Waals surface area contributed by atoms with Crippen molar-refractivity contribution in [1.29, 1.82) is 0 Å². The molecule has 0 saturated carbocycles. The molecule has 28 heavy (non-hydrogen) atoms. The Bertz CT molecular complexity index is 1110. The average Bonchev–Trinajstić information content (AvgIpc) is 3.12. The lowest BCUT2D eigenvalue weighted by Crippen LogP contribution is -2.20. The molecule has 4 rings (SSSR count). The van der Waals surface area contributed by atoms with E-state index in [0.717, 1.165) is 0 Å². The molecule has 0 atom stereocenters. The molecule has 0 radical (unpaired) electrons. The van der Waals surface area contributed by atoms with Crippen LogP contribution in [-0.4, -0.2) is 17.5 Å². The largest absolute Gasteiger partial charge is 0.483 e. The molecule has 0 aliphatic rings. The SMILES string of the molecule is O=C(COc1cc(Cl)ccc1-c1nc2ccccc2o1)Nc1ccc(F)cc1. The highest BCUT2D eigenvalue weighted by Gasteiger charge is 2.15. The van der Waals surface area contributed by atoms with Crippen molar-refractivity contribution in [2.24, 2.45) is 0 Å². The lowest BCUT2D eigenvalue weighted by molar-refractivity contribution is -0.118. The Morgan fingerprint density at radius 1 is 1.11 bits per heavy atom. The molecule has 1 N–H and O–H groups in total. The monoisotopic (exact) mass is 396 g/mol. The molecule has 0 spiro atoms. The summed E-state index contributed by atoms with van der Waals surface area (Å²) in [5.41, 5.74) is 2.41. The van der Waals surface area contributed by atoms with Crippen molar-refractivity contribution in [1.82, 2.24) is 4.98 Å². The molecule has 1 heterocycles. The maximum Gasteiger partial charge on any atom is 0.262 e. The third kappa shape index (κ3) is 3.97. The molecule has 5 nitrogen and oxygen atoms in total. The van der Waals surface area contributed by atoms with E-state index in [1.807, 2.05) is 24.3 Å². The maximum atomic E-state index is 12.9. The van der Waals surface area contributed by atoms with Gasteiger partial charge in [0.1, 0.15) is 17.1 Å². The van der Waals surface area contributed by atoms with Gasteiger partial charge in [-0.3, -0.25) is 4.79 Å². The zero-order valence-electron chi connectivity index (χ0n) is 14.5. The number of halogens is 2. The number of benzene rings is 3. The Kier molecular flexibility index (Phi) is 4.95. The molecule has 1 aromatic heterocycles. The quantitative estimate of drug-likeness (QED) is 0.497. The van der Waals surface area contributed by atoms with Gasteiger partial charge in [0.15, 0.2) is 12.2 Å². The van der Waals surface area contributed by atoms with Gasteiger partial charge in [-0.15, -0.1) is 0 Å². The highest BCUT2D eigenvalue weighted by molar-refractivity contribution is 6.30. The van der Waals surface area contributed by atoms with Crippen LogP contribution in [0.3, 0.4) is 0 Å². The second kappa shape index (κ2) is 7.70. The van der Waals surface area contributed by atoms with Crippen molar-refractivity contribution in [3.8, 4) is 17.2 Å². The number of hydrogen-bond donors (Lipinski definition) is 1. The summed E-state index contributed by atoms with van der Waals surface area (Å²) >= 11 is 6.08. The van der Waals surface area contributed by atoms with E-state index in [-0.39, 0.29) is 12.4 Å². The highest BCUT2D eigenvalue weighted by Crippen LogP contribution is 2.33. The number of carbonyl (C=O) groups is 1. The van der Waals surface area contributed by atoms with E-state index in [2.05, 4.69) is 10.3 Å². The molecule has 0 aliphatic heterocycles. The van der Waals surface area contributed by atoms with Crippen LogP contribution in [0.25, 0.3) is 22.6 Å². The average molecular weight is 397 g/mol. The first-order valence-corrected chi connectivity index (χ1v) is 8.80. The normalized spacial score (nSPS) is 10.8. The van der Waals surface area contributed by atoms with Gasteiger partial charge in [-0.05, 0) is 54.6 Å². The Morgan fingerprint density at radius 2 is 1.89 bits per heavy atom. The van der Waals surface area contributed by atoms with E-state index in [4.69, 9.17) is 20.8 Å². The van der Waals surface area contributed by atoms with Crippen molar-refractivity contribution in [2.45, 2.75) is 0 Å². The number of ether oxygens (including phenoxy) is 1. The predicted molar refractivity (Wildman–Crippen MR) is 105 cm³/mol. The van der Waals surface area contributed by atoms with Crippen LogP contribution >= 0.6 is 11.6 Å². The van der Waals surface area contributed by atoms with Gasteiger partial charge >= 0.3 is 0 Å². The first-order chi connectivity index (χ1) is 13.6. The molecular weight excluding hydrogens is 383 g/mol. The van der Waals surface area contributed by atoms with Gasteiger partial charge in [0.05, 0.1) is 5.56 Å². The van der Waals surface area contributed by atoms with Gasteiger partial charge in [0.25, 0.3) is 5.91 Å². The third-order valence-electron chi connectivity index (χ3n) is 3.95. The standard InChI is InChI=1S/C21H14ClFN2O3/c22-13-5-10-16(21-25-17-3-1-2-4-18(17)28-21)19(11-13)27-12-20(26)24-15-8-6-14(23)7-9-15/h1-11H,12H2,(H,24,26). The third-order valence-corrected chi connectivity index (χ3v) is 4.19. The summed E-state index contributed by atoms with van der Waals surface area (Å²) in [7, 11) is 0. The summed E-state index contributed by atoms with van der Waals surface area (Å²) in [4.78, 5) is 16.6. The summed E-state index contributed by atoms with van der Waals surface area (Å²) in [6.07, 6.45) is 0. The molecule has 0 unspecified atom stereocenters. The molecule has 7 heteroatoms. The van der Waals surface area contributed by atoms with Crippen LogP contribution in [0.4, 0.5) is 10.1 Å². The van der Waals surface area contributed by atoms with Crippen molar-refractivity contribution < 1.29 is 18.3 Å². The van der Waals surface area contributed by atoms with Gasteiger partial charge < -0.3 is 14.5 Å². The fraction of sp³-hybridized carbons (Fsp3) is 0.0476. The second-order valence-electron chi connectivity index (χ2n) is 5.97. The number of aromatic nitrogens is 1. The van der Waals surface area contributed by atoms with Crippen molar-refractivity contribution in [3.63, 3.8) is 0 Å². The van der Waals surface area contributed by atoms with Gasteiger partial charge in [-0.25, -0.2) is 9.37 Å². The van der Waals surface area contributed by atoms with Crippen molar-refractivity contribution >= 4 is 34.3 Å². The Labute approximate surface area is 164 Å². The van der Waals surface area contributed by atoms with Crippen LogP contribution in [0.15, 0.2) is 71.1 Å². The fourth-order valence-corrected chi connectivity index (χ4v) is 2.82. The van der Waals surface area contributed by atoms with Gasteiger partial charge in [0.2, 0.25) is 5.89 Å². The van der Waals surface area contributed by atoms with E-state index in [1.54, 1.807) is 18.2 Å². The molecule has 0 aliphatic carbocycles. The molecule has 140 valence electrons. The van der Waals surface area contributed by atoms with Crippen molar-refractivity contribution in [2.75, 3.05) is 11.9 Å². The number of oxazole rings is 1.